The first-order valence-corrected chi connectivity index (χ1v) is 7.98. The zero-order valence-corrected chi connectivity index (χ0v) is 13.2. The van der Waals surface area contributed by atoms with Crippen molar-refractivity contribution in [3.05, 3.63) is 30.6 Å². The van der Waals surface area contributed by atoms with Crippen LogP contribution in [-0.2, 0) is 4.79 Å². The van der Waals surface area contributed by atoms with Crippen molar-refractivity contribution in [1.82, 2.24) is 25.5 Å². The van der Waals surface area contributed by atoms with Crippen molar-refractivity contribution in [2.24, 2.45) is 5.92 Å². The molecule has 0 unspecified atom stereocenters. The molecule has 0 aliphatic heterocycles. The Balaban J connectivity index is 1.54. The van der Waals surface area contributed by atoms with E-state index in [1.807, 2.05) is 18.2 Å². The summed E-state index contributed by atoms with van der Waals surface area (Å²) in [5.41, 5.74) is 0.786. The van der Waals surface area contributed by atoms with E-state index < -0.39 is 0 Å². The Hall–Kier alpha value is -2.44. The Labute approximate surface area is 135 Å². The number of hydrogen-bond acceptors (Lipinski definition) is 5. The zero-order valence-electron chi connectivity index (χ0n) is 13.2. The Bertz CT molecular complexity index is 644. The van der Waals surface area contributed by atoms with Crippen LogP contribution < -0.4 is 10.1 Å². The smallest absolute Gasteiger partial charge is 0.258 e. The Morgan fingerprint density at radius 2 is 2.26 bits per heavy atom. The fraction of sp³-hybridized carbons (Fsp3) is 0.500. The minimum atomic E-state index is -0.0726. The fourth-order valence-corrected chi connectivity index (χ4v) is 2.92. The van der Waals surface area contributed by atoms with Crippen LogP contribution in [0.25, 0.3) is 5.69 Å². The predicted octanol–water partition coefficient (Wildman–Crippen LogP) is 1.74. The fourth-order valence-electron chi connectivity index (χ4n) is 2.92. The van der Waals surface area contributed by atoms with Crippen LogP contribution in [0.4, 0.5) is 0 Å². The second-order valence-corrected chi connectivity index (χ2v) is 5.98. The van der Waals surface area contributed by atoms with Crippen LogP contribution >= 0.6 is 0 Å². The van der Waals surface area contributed by atoms with Crippen molar-refractivity contribution in [2.75, 3.05) is 6.61 Å². The molecule has 1 aromatic heterocycles. The summed E-state index contributed by atoms with van der Waals surface area (Å²) in [4.78, 5) is 12.1. The van der Waals surface area contributed by atoms with Gasteiger partial charge >= 0.3 is 0 Å². The minimum Gasteiger partial charge on any atom is -0.484 e. The molecule has 1 aliphatic rings. The molecule has 7 nitrogen and oxygen atoms in total. The van der Waals surface area contributed by atoms with E-state index in [-0.39, 0.29) is 18.6 Å². The van der Waals surface area contributed by atoms with Gasteiger partial charge in [0.1, 0.15) is 12.1 Å². The first-order valence-electron chi connectivity index (χ1n) is 7.98. The first-order chi connectivity index (χ1) is 11.2. The molecule has 1 aromatic carbocycles. The van der Waals surface area contributed by atoms with Crippen molar-refractivity contribution in [2.45, 2.75) is 38.6 Å². The van der Waals surface area contributed by atoms with E-state index in [0.717, 1.165) is 12.1 Å². The second kappa shape index (κ2) is 7.21. The Kier molecular flexibility index (Phi) is 4.85. The zero-order chi connectivity index (χ0) is 16.1. The van der Waals surface area contributed by atoms with E-state index in [1.165, 1.54) is 30.3 Å². The van der Waals surface area contributed by atoms with E-state index in [9.17, 15) is 4.79 Å². The summed E-state index contributed by atoms with van der Waals surface area (Å²) in [7, 11) is 0. The lowest BCUT2D eigenvalue weighted by Gasteiger charge is -2.29. The molecule has 0 saturated heterocycles. The third-order valence-electron chi connectivity index (χ3n) is 4.26. The summed E-state index contributed by atoms with van der Waals surface area (Å²) in [6.07, 6.45) is 6.19. The number of carbonyl (C=O) groups is 1. The van der Waals surface area contributed by atoms with Gasteiger partial charge in [-0.05, 0) is 41.3 Å². The van der Waals surface area contributed by atoms with Gasteiger partial charge in [-0.25, -0.2) is 4.68 Å². The van der Waals surface area contributed by atoms with Gasteiger partial charge in [-0.3, -0.25) is 4.79 Å². The highest BCUT2D eigenvalue weighted by Crippen LogP contribution is 2.23. The quantitative estimate of drug-likeness (QED) is 0.909. The molecule has 1 aliphatic carbocycles. The highest BCUT2D eigenvalue weighted by molar-refractivity contribution is 5.77. The molecule has 3 rings (SSSR count). The number of benzene rings is 1. The molecule has 0 spiro atoms. The summed E-state index contributed by atoms with van der Waals surface area (Å²) < 4.78 is 7.13. The number of nitrogens with zero attached hydrogens (tertiary/aromatic N) is 4. The third-order valence-corrected chi connectivity index (χ3v) is 4.26. The van der Waals surface area contributed by atoms with Gasteiger partial charge in [0, 0.05) is 12.1 Å². The van der Waals surface area contributed by atoms with Gasteiger partial charge in [0.25, 0.3) is 5.91 Å². The third kappa shape index (κ3) is 4.06. The largest absolute Gasteiger partial charge is 0.484 e. The minimum absolute atomic E-state index is 0.0162. The number of aromatic nitrogens is 4. The van der Waals surface area contributed by atoms with Crippen molar-refractivity contribution < 1.29 is 9.53 Å². The van der Waals surface area contributed by atoms with Crippen LogP contribution in [0, 0.1) is 5.92 Å². The summed E-state index contributed by atoms with van der Waals surface area (Å²) >= 11 is 0. The molecule has 0 bridgehead atoms. The topological polar surface area (TPSA) is 81.9 Å². The van der Waals surface area contributed by atoms with Gasteiger partial charge in [0.2, 0.25) is 0 Å². The van der Waals surface area contributed by atoms with Crippen molar-refractivity contribution in [1.29, 1.82) is 0 Å². The number of amides is 1. The Morgan fingerprint density at radius 3 is 3.04 bits per heavy atom. The molecule has 2 atom stereocenters. The van der Waals surface area contributed by atoms with Gasteiger partial charge in [-0.15, -0.1) is 5.10 Å². The van der Waals surface area contributed by atoms with Crippen LogP contribution in [0.15, 0.2) is 30.6 Å². The monoisotopic (exact) mass is 315 g/mol. The van der Waals surface area contributed by atoms with Gasteiger partial charge in [0.05, 0.1) is 5.69 Å². The van der Waals surface area contributed by atoms with Crippen molar-refractivity contribution in [3.8, 4) is 11.4 Å². The SMILES string of the molecule is C[C@H]1CCCC[C@@H]1NC(=O)COc1cccc(-n2cnnn2)c1. The molecule has 1 saturated carbocycles. The van der Waals surface area contributed by atoms with Gasteiger partial charge in [-0.2, -0.15) is 0 Å². The van der Waals surface area contributed by atoms with E-state index in [0.29, 0.717) is 11.7 Å². The van der Waals surface area contributed by atoms with Crippen LogP contribution in [-0.4, -0.2) is 38.8 Å². The standard InChI is InChI=1S/C16H21N5O2/c1-12-5-2-3-8-15(12)18-16(22)10-23-14-7-4-6-13(9-14)21-11-17-19-20-21/h4,6-7,9,11-12,15H,2-3,5,8,10H2,1H3,(H,18,22)/t12-,15-/m0/s1. The number of carbonyl (C=O) groups excluding carboxylic acids is 1. The van der Waals surface area contributed by atoms with Crippen LogP contribution in [0.3, 0.4) is 0 Å². The molecule has 1 amide bonds. The van der Waals surface area contributed by atoms with Gasteiger partial charge < -0.3 is 10.1 Å². The number of nitrogens with one attached hydrogen (secondary N) is 1. The molecule has 23 heavy (non-hydrogen) atoms. The lowest BCUT2D eigenvalue weighted by Crippen LogP contribution is -2.43. The van der Waals surface area contributed by atoms with E-state index >= 15 is 0 Å². The van der Waals surface area contributed by atoms with Crippen LogP contribution in [0.5, 0.6) is 5.75 Å². The van der Waals surface area contributed by atoms with E-state index in [2.05, 4.69) is 27.8 Å². The first kappa shape index (κ1) is 15.5. The molecule has 2 aromatic rings. The van der Waals surface area contributed by atoms with Crippen LogP contribution in [0.1, 0.15) is 32.6 Å². The molecule has 7 heteroatoms. The molecular weight excluding hydrogens is 294 g/mol. The highest BCUT2D eigenvalue weighted by atomic mass is 16.5. The van der Waals surface area contributed by atoms with Crippen LogP contribution in [0.2, 0.25) is 0 Å². The number of ether oxygens (including phenoxy) is 1. The number of tetrazole rings is 1. The van der Waals surface area contributed by atoms with E-state index in [1.54, 1.807) is 6.07 Å². The number of rotatable bonds is 5. The average Bonchev–Trinajstić information content (AvgIpc) is 3.10. The normalized spacial score (nSPS) is 20.9. The lowest BCUT2D eigenvalue weighted by atomic mass is 9.86. The summed E-state index contributed by atoms with van der Waals surface area (Å²) in [6.45, 7) is 2.21. The average molecular weight is 315 g/mol. The summed E-state index contributed by atoms with van der Waals surface area (Å²) in [6, 6.07) is 7.59. The summed E-state index contributed by atoms with van der Waals surface area (Å²) in [5.74, 6) is 1.08. The van der Waals surface area contributed by atoms with Gasteiger partial charge in [0.15, 0.2) is 6.61 Å². The molecule has 122 valence electrons. The van der Waals surface area contributed by atoms with Crippen molar-refractivity contribution >= 4 is 5.91 Å². The predicted molar refractivity (Wildman–Crippen MR) is 84.2 cm³/mol. The second-order valence-electron chi connectivity index (χ2n) is 5.98. The molecule has 1 fully saturated rings. The maximum Gasteiger partial charge on any atom is 0.258 e. The Morgan fingerprint density at radius 1 is 1.39 bits per heavy atom. The maximum absolute atomic E-state index is 12.1. The molecule has 1 heterocycles. The molecule has 1 N–H and O–H groups in total. The number of hydrogen-bond donors (Lipinski definition) is 1. The van der Waals surface area contributed by atoms with Gasteiger partial charge in [-0.1, -0.05) is 25.8 Å². The van der Waals surface area contributed by atoms with E-state index in [4.69, 9.17) is 4.74 Å². The summed E-state index contributed by atoms with van der Waals surface area (Å²) in [5, 5.41) is 14.1. The maximum atomic E-state index is 12.1. The highest BCUT2D eigenvalue weighted by Gasteiger charge is 2.22. The van der Waals surface area contributed by atoms with Crippen molar-refractivity contribution in [3.63, 3.8) is 0 Å². The molecular formula is C16H21N5O2. The molecule has 0 radical (unpaired) electrons. The lowest BCUT2D eigenvalue weighted by molar-refractivity contribution is -0.124.